The maximum atomic E-state index is 13.4. The van der Waals surface area contributed by atoms with Gasteiger partial charge in [-0.15, -0.1) is 0 Å². The lowest BCUT2D eigenvalue weighted by Crippen LogP contribution is -2.00. The fraction of sp³-hybridized carbons (Fsp3) is 0.294. The van der Waals surface area contributed by atoms with Gasteiger partial charge in [0.1, 0.15) is 5.82 Å². The molecule has 0 radical (unpaired) electrons. The Kier molecular flexibility index (Phi) is 5.18. The number of halogens is 2. The highest BCUT2D eigenvalue weighted by molar-refractivity contribution is 9.10. The maximum absolute atomic E-state index is 13.4. The molecule has 0 fully saturated rings. The summed E-state index contributed by atoms with van der Waals surface area (Å²) in [5.74, 6) is 0.423. The fourth-order valence-electron chi connectivity index (χ4n) is 2.07. The summed E-state index contributed by atoms with van der Waals surface area (Å²) >= 11 is 3.15. The van der Waals surface area contributed by atoms with Gasteiger partial charge >= 0.3 is 0 Å². The van der Waals surface area contributed by atoms with Crippen LogP contribution in [0, 0.1) is 11.7 Å². The maximum Gasteiger partial charge on any atom is 0.139 e. The average Bonchev–Trinajstić information content (AvgIpc) is 2.41. The van der Waals surface area contributed by atoms with Crippen LogP contribution in [0.25, 0.3) is 0 Å². The summed E-state index contributed by atoms with van der Waals surface area (Å²) in [5, 5.41) is 3.23. The Morgan fingerprint density at radius 1 is 1.05 bits per heavy atom. The molecule has 2 aromatic rings. The van der Waals surface area contributed by atoms with E-state index in [1.165, 1.54) is 17.2 Å². The zero-order valence-electron chi connectivity index (χ0n) is 11.8. The van der Waals surface area contributed by atoms with E-state index < -0.39 is 0 Å². The highest BCUT2D eigenvalue weighted by Gasteiger charge is 2.01. The molecule has 0 aliphatic carbocycles. The quantitative estimate of drug-likeness (QED) is 0.771. The molecule has 20 heavy (non-hydrogen) atoms. The van der Waals surface area contributed by atoms with Gasteiger partial charge in [0.25, 0.3) is 0 Å². The molecule has 0 saturated carbocycles. The molecule has 0 aliphatic heterocycles. The summed E-state index contributed by atoms with van der Waals surface area (Å²) in [7, 11) is 0. The van der Waals surface area contributed by atoms with Gasteiger partial charge in [-0.3, -0.25) is 0 Å². The van der Waals surface area contributed by atoms with E-state index in [0.29, 0.717) is 16.9 Å². The van der Waals surface area contributed by atoms with Crippen LogP contribution < -0.4 is 5.32 Å². The number of benzene rings is 2. The predicted molar refractivity (Wildman–Crippen MR) is 86.4 cm³/mol. The Balaban J connectivity index is 1.95. The number of hydrogen-bond acceptors (Lipinski definition) is 1. The van der Waals surface area contributed by atoms with Gasteiger partial charge < -0.3 is 5.32 Å². The molecule has 3 heteroatoms. The number of anilines is 1. The van der Waals surface area contributed by atoms with Gasteiger partial charge in [-0.1, -0.05) is 38.1 Å². The van der Waals surface area contributed by atoms with Crippen molar-refractivity contribution in [1.29, 1.82) is 0 Å². The lowest BCUT2D eigenvalue weighted by atomic mass is 10.0. The second kappa shape index (κ2) is 6.89. The second-order valence-electron chi connectivity index (χ2n) is 5.40. The number of hydrogen-bond donors (Lipinski definition) is 1. The zero-order chi connectivity index (χ0) is 14.5. The molecule has 0 amide bonds. The minimum Gasteiger partial charge on any atom is -0.381 e. The van der Waals surface area contributed by atoms with E-state index in [2.05, 4.69) is 59.4 Å². The third-order valence-corrected chi connectivity index (χ3v) is 3.73. The molecule has 1 N–H and O–H groups in total. The Hall–Kier alpha value is -1.35. The first kappa shape index (κ1) is 15.0. The molecule has 0 aliphatic rings. The Morgan fingerprint density at radius 3 is 2.30 bits per heavy atom. The standard InChI is InChI=1S/C17H19BrFN/c1-12(2)9-13-3-5-14(6-4-13)11-20-15-7-8-16(18)17(19)10-15/h3-8,10,12,20H,9,11H2,1-2H3. The first-order valence-electron chi connectivity index (χ1n) is 6.81. The molecule has 0 atom stereocenters. The SMILES string of the molecule is CC(C)Cc1ccc(CNc2ccc(Br)c(F)c2)cc1. The summed E-state index contributed by atoms with van der Waals surface area (Å²) in [4.78, 5) is 0. The van der Waals surface area contributed by atoms with Crippen LogP contribution in [0.1, 0.15) is 25.0 Å². The molecule has 2 rings (SSSR count). The molecule has 0 aromatic heterocycles. The highest BCUT2D eigenvalue weighted by Crippen LogP contribution is 2.20. The normalized spacial score (nSPS) is 10.8. The van der Waals surface area contributed by atoms with Crippen LogP contribution in [0.15, 0.2) is 46.9 Å². The van der Waals surface area contributed by atoms with Crippen LogP contribution in [0.3, 0.4) is 0 Å². The van der Waals surface area contributed by atoms with Crippen molar-refractivity contribution in [2.24, 2.45) is 5.92 Å². The van der Waals surface area contributed by atoms with E-state index in [4.69, 9.17) is 0 Å². The molecular formula is C17H19BrFN. The minimum absolute atomic E-state index is 0.248. The van der Waals surface area contributed by atoms with Crippen LogP contribution in [-0.2, 0) is 13.0 Å². The van der Waals surface area contributed by atoms with Crippen LogP contribution >= 0.6 is 15.9 Å². The van der Waals surface area contributed by atoms with Crippen molar-refractivity contribution in [2.75, 3.05) is 5.32 Å². The van der Waals surface area contributed by atoms with Crippen molar-refractivity contribution in [2.45, 2.75) is 26.8 Å². The van der Waals surface area contributed by atoms with Gasteiger partial charge in [0, 0.05) is 12.2 Å². The van der Waals surface area contributed by atoms with Crippen LogP contribution in [0.4, 0.5) is 10.1 Å². The molecule has 0 bridgehead atoms. The Bertz CT molecular complexity index is 564. The van der Waals surface area contributed by atoms with E-state index in [1.54, 1.807) is 6.07 Å². The molecule has 0 unspecified atom stereocenters. The van der Waals surface area contributed by atoms with Gasteiger partial charge in [-0.05, 0) is 57.6 Å². The zero-order valence-corrected chi connectivity index (χ0v) is 13.4. The predicted octanol–water partition coefficient (Wildman–Crippen LogP) is 5.40. The van der Waals surface area contributed by atoms with Crippen molar-refractivity contribution in [3.05, 3.63) is 63.9 Å². The van der Waals surface area contributed by atoms with Crippen LogP contribution in [0.2, 0.25) is 0 Å². The van der Waals surface area contributed by atoms with Crippen molar-refractivity contribution in [1.82, 2.24) is 0 Å². The van der Waals surface area contributed by atoms with Crippen molar-refractivity contribution in [3.63, 3.8) is 0 Å². The molecule has 106 valence electrons. The van der Waals surface area contributed by atoms with Crippen molar-refractivity contribution in [3.8, 4) is 0 Å². The smallest absolute Gasteiger partial charge is 0.139 e. The van der Waals surface area contributed by atoms with Crippen molar-refractivity contribution < 1.29 is 4.39 Å². The monoisotopic (exact) mass is 335 g/mol. The van der Waals surface area contributed by atoms with Crippen LogP contribution in [0.5, 0.6) is 0 Å². The summed E-state index contributed by atoms with van der Waals surface area (Å²) in [6.45, 7) is 5.14. The molecule has 0 saturated heterocycles. The first-order valence-corrected chi connectivity index (χ1v) is 7.60. The number of rotatable bonds is 5. The summed E-state index contributed by atoms with van der Waals surface area (Å²) < 4.78 is 13.9. The third-order valence-electron chi connectivity index (χ3n) is 3.08. The fourth-order valence-corrected chi connectivity index (χ4v) is 2.32. The topological polar surface area (TPSA) is 12.0 Å². The molecular weight excluding hydrogens is 317 g/mol. The summed E-state index contributed by atoms with van der Waals surface area (Å²) in [5.41, 5.74) is 3.34. The molecule has 2 aromatic carbocycles. The molecule has 0 spiro atoms. The van der Waals surface area contributed by atoms with Gasteiger partial charge in [0.15, 0.2) is 0 Å². The molecule has 0 heterocycles. The van der Waals surface area contributed by atoms with E-state index in [-0.39, 0.29) is 5.82 Å². The average molecular weight is 336 g/mol. The highest BCUT2D eigenvalue weighted by atomic mass is 79.9. The summed E-state index contributed by atoms with van der Waals surface area (Å²) in [6, 6.07) is 13.7. The van der Waals surface area contributed by atoms with Crippen LogP contribution in [-0.4, -0.2) is 0 Å². The van der Waals surface area contributed by atoms with Crippen molar-refractivity contribution >= 4 is 21.6 Å². The lowest BCUT2D eigenvalue weighted by Gasteiger charge is -2.09. The Morgan fingerprint density at radius 2 is 1.70 bits per heavy atom. The van der Waals surface area contributed by atoms with E-state index in [1.807, 2.05) is 6.07 Å². The number of nitrogens with one attached hydrogen (secondary N) is 1. The van der Waals surface area contributed by atoms with E-state index >= 15 is 0 Å². The lowest BCUT2D eigenvalue weighted by molar-refractivity contribution is 0.621. The largest absolute Gasteiger partial charge is 0.381 e. The van der Waals surface area contributed by atoms with Gasteiger partial charge in [0.05, 0.1) is 4.47 Å². The van der Waals surface area contributed by atoms with Gasteiger partial charge in [-0.25, -0.2) is 4.39 Å². The van der Waals surface area contributed by atoms with E-state index in [0.717, 1.165) is 12.1 Å². The second-order valence-corrected chi connectivity index (χ2v) is 6.25. The minimum atomic E-state index is -0.248. The summed E-state index contributed by atoms with van der Waals surface area (Å²) in [6.07, 6.45) is 1.10. The van der Waals surface area contributed by atoms with Gasteiger partial charge in [0.2, 0.25) is 0 Å². The first-order chi connectivity index (χ1) is 9.54. The van der Waals surface area contributed by atoms with E-state index in [9.17, 15) is 4.39 Å². The Labute approximate surface area is 128 Å². The van der Waals surface area contributed by atoms with Gasteiger partial charge in [-0.2, -0.15) is 0 Å². The molecule has 1 nitrogen and oxygen atoms in total. The third kappa shape index (κ3) is 4.34.